The van der Waals surface area contributed by atoms with Crippen LogP contribution in [0.25, 0.3) is 0 Å². The highest BCUT2D eigenvalue weighted by molar-refractivity contribution is 5.82. The van der Waals surface area contributed by atoms with Crippen LogP contribution in [-0.2, 0) is 4.79 Å². The quantitative estimate of drug-likeness (QED) is 0.805. The Morgan fingerprint density at radius 1 is 1.53 bits per heavy atom. The molecule has 1 aliphatic heterocycles. The molecule has 0 aromatic heterocycles. The lowest BCUT2D eigenvalue weighted by atomic mass is 9.94. The number of aliphatic hydroxyl groups excluding tert-OH is 1. The third kappa shape index (κ3) is 2.80. The van der Waals surface area contributed by atoms with Crippen LogP contribution in [0.2, 0.25) is 0 Å². The summed E-state index contributed by atoms with van der Waals surface area (Å²) in [5.74, 6) is 0.0402. The number of amides is 1. The van der Waals surface area contributed by atoms with Gasteiger partial charge in [-0.1, -0.05) is 6.92 Å². The fraction of sp³-hybridized carbons (Fsp3) is 0.923. The SMILES string of the molecule is CCC(C)N1C(CO)C(=O)N(C)CCC1(C)C. The Hall–Kier alpha value is -0.610. The van der Waals surface area contributed by atoms with Gasteiger partial charge in [0.1, 0.15) is 6.04 Å². The maximum Gasteiger partial charge on any atom is 0.242 e. The zero-order valence-electron chi connectivity index (χ0n) is 11.7. The number of rotatable bonds is 3. The first-order valence-corrected chi connectivity index (χ1v) is 6.49. The van der Waals surface area contributed by atoms with Crippen LogP contribution in [0.15, 0.2) is 0 Å². The molecule has 1 N–H and O–H groups in total. The van der Waals surface area contributed by atoms with Gasteiger partial charge in [-0.15, -0.1) is 0 Å². The Morgan fingerprint density at radius 2 is 2.12 bits per heavy atom. The van der Waals surface area contributed by atoms with Gasteiger partial charge in [0.25, 0.3) is 0 Å². The van der Waals surface area contributed by atoms with Gasteiger partial charge < -0.3 is 10.0 Å². The highest BCUT2D eigenvalue weighted by Crippen LogP contribution is 2.29. The predicted octanol–water partition coefficient (Wildman–Crippen LogP) is 1.09. The lowest BCUT2D eigenvalue weighted by molar-refractivity contribution is -0.138. The van der Waals surface area contributed by atoms with Crippen LogP contribution in [0.1, 0.15) is 40.5 Å². The van der Waals surface area contributed by atoms with E-state index < -0.39 is 6.04 Å². The molecule has 1 rings (SSSR count). The van der Waals surface area contributed by atoms with Crippen molar-refractivity contribution in [2.24, 2.45) is 0 Å². The third-order valence-electron chi connectivity index (χ3n) is 3.99. The first-order valence-electron chi connectivity index (χ1n) is 6.49. The van der Waals surface area contributed by atoms with Crippen molar-refractivity contribution in [2.75, 3.05) is 20.2 Å². The summed E-state index contributed by atoms with van der Waals surface area (Å²) in [5.41, 5.74) is -0.0523. The van der Waals surface area contributed by atoms with Gasteiger partial charge in [0.15, 0.2) is 0 Å². The van der Waals surface area contributed by atoms with Crippen LogP contribution in [0.3, 0.4) is 0 Å². The molecular weight excluding hydrogens is 216 g/mol. The first-order chi connectivity index (χ1) is 7.85. The van der Waals surface area contributed by atoms with Crippen molar-refractivity contribution in [2.45, 2.75) is 58.2 Å². The summed E-state index contributed by atoms with van der Waals surface area (Å²) in [5, 5.41) is 9.56. The van der Waals surface area contributed by atoms with Crippen LogP contribution in [-0.4, -0.2) is 58.6 Å². The largest absolute Gasteiger partial charge is 0.394 e. The minimum Gasteiger partial charge on any atom is -0.394 e. The normalized spacial score (nSPS) is 28.0. The van der Waals surface area contributed by atoms with Crippen molar-refractivity contribution >= 4 is 5.91 Å². The molecular formula is C13H26N2O2. The number of likely N-dealkylation sites (N-methyl/N-ethyl adjacent to an activating group) is 1. The van der Waals surface area contributed by atoms with E-state index in [0.717, 1.165) is 19.4 Å². The molecule has 1 aliphatic rings. The summed E-state index contributed by atoms with van der Waals surface area (Å²) in [7, 11) is 1.82. The van der Waals surface area contributed by atoms with Crippen molar-refractivity contribution < 1.29 is 9.90 Å². The average molecular weight is 242 g/mol. The van der Waals surface area contributed by atoms with E-state index >= 15 is 0 Å². The zero-order valence-corrected chi connectivity index (χ0v) is 11.7. The molecule has 0 radical (unpaired) electrons. The maximum atomic E-state index is 12.2. The minimum absolute atomic E-state index is 0.0402. The van der Waals surface area contributed by atoms with Crippen molar-refractivity contribution in [3.63, 3.8) is 0 Å². The molecule has 0 aliphatic carbocycles. The molecule has 4 heteroatoms. The monoisotopic (exact) mass is 242 g/mol. The van der Waals surface area contributed by atoms with Crippen LogP contribution in [0, 0.1) is 0 Å². The fourth-order valence-corrected chi connectivity index (χ4v) is 2.74. The summed E-state index contributed by atoms with van der Waals surface area (Å²) in [6.45, 7) is 9.23. The topological polar surface area (TPSA) is 43.8 Å². The van der Waals surface area contributed by atoms with Crippen molar-refractivity contribution in [1.29, 1.82) is 0 Å². The lowest BCUT2D eigenvalue weighted by Gasteiger charge is -2.44. The standard InChI is InChI=1S/C13H26N2O2/c1-6-10(2)15-11(9-16)12(17)14(5)8-7-13(15,3)4/h10-11,16H,6-9H2,1-5H3. The summed E-state index contributed by atoms with van der Waals surface area (Å²) < 4.78 is 0. The van der Waals surface area contributed by atoms with E-state index in [1.54, 1.807) is 4.90 Å². The molecule has 2 atom stereocenters. The molecule has 4 nitrogen and oxygen atoms in total. The van der Waals surface area contributed by atoms with Gasteiger partial charge in [-0.25, -0.2) is 0 Å². The van der Waals surface area contributed by atoms with Gasteiger partial charge >= 0.3 is 0 Å². The van der Waals surface area contributed by atoms with Gasteiger partial charge in [0.05, 0.1) is 6.61 Å². The molecule has 0 aromatic rings. The van der Waals surface area contributed by atoms with Crippen LogP contribution < -0.4 is 0 Å². The fourth-order valence-electron chi connectivity index (χ4n) is 2.74. The van der Waals surface area contributed by atoms with Gasteiger partial charge in [0, 0.05) is 25.2 Å². The first kappa shape index (κ1) is 14.5. The zero-order chi connectivity index (χ0) is 13.2. The van der Waals surface area contributed by atoms with E-state index in [0.29, 0.717) is 6.04 Å². The van der Waals surface area contributed by atoms with Crippen molar-refractivity contribution in [3.8, 4) is 0 Å². The minimum atomic E-state index is -0.396. The maximum absolute atomic E-state index is 12.2. The molecule has 0 spiro atoms. The van der Waals surface area contributed by atoms with E-state index in [1.807, 2.05) is 7.05 Å². The lowest BCUT2D eigenvalue weighted by Crippen LogP contribution is -2.57. The molecule has 17 heavy (non-hydrogen) atoms. The predicted molar refractivity (Wildman–Crippen MR) is 68.8 cm³/mol. The molecule has 0 saturated carbocycles. The van der Waals surface area contributed by atoms with Gasteiger partial charge in [0.2, 0.25) is 5.91 Å². The molecule has 0 aromatic carbocycles. The molecule has 2 unspecified atom stereocenters. The number of carbonyl (C=O) groups is 1. The Morgan fingerprint density at radius 3 is 2.59 bits per heavy atom. The van der Waals surface area contributed by atoms with Crippen molar-refractivity contribution in [3.05, 3.63) is 0 Å². The summed E-state index contributed by atoms with van der Waals surface area (Å²) in [4.78, 5) is 16.2. The Bertz CT molecular complexity index is 279. The van der Waals surface area contributed by atoms with Crippen LogP contribution in [0.4, 0.5) is 0 Å². The highest BCUT2D eigenvalue weighted by Gasteiger charge is 2.42. The smallest absolute Gasteiger partial charge is 0.242 e. The molecule has 1 amide bonds. The number of carbonyl (C=O) groups excluding carboxylic acids is 1. The van der Waals surface area contributed by atoms with Gasteiger partial charge in [-0.3, -0.25) is 9.69 Å². The van der Waals surface area contributed by atoms with E-state index in [4.69, 9.17) is 0 Å². The van der Waals surface area contributed by atoms with Gasteiger partial charge in [-0.05, 0) is 33.6 Å². The Balaban J connectivity index is 3.10. The summed E-state index contributed by atoms with van der Waals surface area (Å²) >= 11 is 0. The van der Waals surface area contributed by atoms with Crippen LogP contribution >= 0.6 is 0 Å². The van der Waals surface area contributed by atoms with Crippen LogP contribution in [0.5, 0.6) is 0 Å². The number of hydrogen-bond donors (Lipinski definition) is 1. The molecule has 0 bridgehead atoms. The molecule has 1 saturated heterocycles. The second-order valence-corrected chi connectivity index (χ2v) is 5.69. The summed E-state index contributed by atoms with van der Waals surface area (Å²) in [6.07, 6.45) is 1.92. The third-order valence-corrected chi connectivity index (χ3v) is 3.99. The Labute approximate surface area is 105 Å². The average Bonchev–Trinajstić information content (AvgIpc) is 2.37. The van der Waals surface area contributed by atoms with E-state index in [9.17, 15) is 9.90 Å². The Kier molecular flexibility index (Phi) is 4.55. The molecule has 100 valence electrons. The number of hydrogen-bond acceptors (Lipinski definition) is 3. The van der Waals surface area contributed by atoms with E-state index in [2.05, 4.69) is 32.6 Å². The van der Waals surface area contributed by atoms with E-state index in [-0.39, 0.29) is 18.1 Å². The molecule has 1 heterocycles. The summed E-state index contributed by atoms with van der Waals surface area (Å²) in [6, 6.07) is -0.0925. The second kappa shape index (κ2) is 5.36. The number of nitrogens with zero attached hydrogens (tertiary/aromatic N) is 2. The van der Waals surface area contributed by atoms with Gasteiger partial charge in [-0.2, -0.15) is 0 Å². The highest BCUT2D eigenvalue weighted by atomic mass is 16.3. The molecule has 1 fully saturated rings. The number of aliphatic hydroxyl groups is 1. The van der Waals surface area contributed by atoms with Crippen molar-refractivity contribution in [1.82, 2.24) is 9.80 Å². The second-order valence-electron chi connectivity index (χ2n) is 5.69. The van der Waals surface area contributed by atoms with E-state index in [1.165, 1.54) is 0 Å².